The van der Waals surface area contributed by atoms with Crippen LogP contribution in [-0.4, -0.2) is 4.98 Å². The first kappa shape index (κ1) is 5.56. The zero-order chi connectivity index (χ0) is 6.15. The molecule has 2 nitrogen and oxygen atoms in total. The number of thiazole rings is 1. The van der Waals surface area contributed by atoms with Gasteiger partial charge in [0.05, 0.1) is 0 Å². The molecule has 1 heterocycles. The number of hydrogen-bond donors (Lipinski definition) is 1. The highest BCUT2D eigenvalue weighted by atomic mass is 32.1. The van der Waals surface area contributed by atoms with E-state index in [0.29, 0.717) is 0 Å². The van der Waals surface area contributed by atoms with Gasteiger partial charge in [0.25, 0.3) is 0 Å². The molecule has 0 fully saturated rings. The summed E-state index contributed by atoms with van der Waals surface area (Å²) in [6.07, 6.45) is 0. The minimum Gasteiger partial charge on any atom is -0.317 e. The maximum atomic E-state index is 10.5. The molecule has 1 aromatic rings. The normalized spacial score (nSPS) is 9.75. The van der Waals surface area contributed by atoms with Gasteiger partial charge in [-0.05, 0) is 13.8 Å². The molecule has 0 saturated carbocycles. The molecule has 0 spiro atoms. The van der Waals surface area contributed by atoms with Crippen molar-refractivity contribution >= 4 is 11.3 Å². The smallest absolute Gasteiger partial charge is 0.304 e. The van der Waals surface area contributed by atoms with Crippen molar-refractivity contribution in [3.8, 4) is 0 Å². The topological polar surface area (TPSA) is 32.9 Å². The molecule has 0 aliphatic carbocycles. The van der Waals surface area contributed by atoms with Crippen molar-refractivity contribution in [2.75, 3.05) is 0 Å². The molecule has 0 unspecified atom stereocenters. The Hall–Kier alpha value is -0.570. The van der Waals surface area contributed by atoms with Gasteiger partial charge in [0.2, 0.25) is 0 Å². The van der Waals surface area contributed by atoms with Gasteiger partial charge in [-0.15, -0.1) is 0 Å². The largest absolute Gasteiger partial charge is 0.317 e. The molecule has 0 amide bonds. The quantitative estimate of drug-likeness (QED) is 0.558. The van der Waals surface area contributed by atoms with Gasteiger partial charge in [0, 0.05) is 10.6 Å². The monoisotopic (exact) mass is 129 g/mol. The lowest BCUT2D eigenvalue weighted by molar-refractivity contribution is 1.19. The van der Waals surface area contributed by atoms with Crippen LogP contribution in [0.1, 0.15) is 10.6 Å². The Morgan fingerprint density at radius 2 is 2.12 bits per heavy atom. The van der Waals surface area contributed by atoms with Crippen LogP contribution in [0.5, 0.6) is 0 Å². The lowest BCUT2D eigenvalue weighted by atomic mass is 10.4. The summed E-state index contributed by atoms with van der Waals surface area (Å²) in [5.74, 6) is 0. The number of nitrogens with one attached hydrogen (secondary N) is 1. The predicted molar refractivity (Wildman–Crippen MR) is 34.4 cm³/mol. The molecular weight excluding hydrogens is 122 g/mol. The Kier molecular flexibility index (Phi) is 1.21. The van der Waals surface area contributed by atoms with E-state index in [0.717, 1.165) is 10.6 Å². The second-order valence-corrected chi connectivity index (χ2v) is 2.88. The van der Waals surface area contributed by atoms with Gasteiger partial charge in [-0.25, -0.2) is 0 Å². The number of H-pyrrole nitrogens is 1. The number of aromatic amines is 1. The Morgan fingerprint density at radius 3 is 2.25 bits per heavy atom. The van der Waals surface area contributed by atoms with Crippen molar-refractivity contribution in [2.45, 2.75) is 13.8 Å². The minimum atomic E-state index is 0.0417. The predicted octanol–water partition coefficient (Wildman–Crippen LogP) is 1.05. The summed E-state index contributed by atoms with van der Waals surface area (Å²) in [5.41, 5.74) is 0.986. The van der Waals surface area contributed by atoms with E-state index in [2.05, 4.69) is 4.98 Å². The fourth-order valence-electron chi connectivity index (χ4n) is 0.482. The highest BCUT2D eigenvalue weighted by Gasteiger charge is 1.93. The maximum Gasteiger partial charge on any atom is 0.304 e. The summed E-state index contributed by atoms with van der Waals surface area (Å²) in [6.45, 7) is 3.82. The molecule has 0 aliphatic rings. The van der Waals surface area contributed by atoms with Crippen molar-refractivity contribution in [2.24, 2.45) is 0 Å². The summed E-state index contributed by atoms with van der Waals surface area (Å²) in [5, 5.41) is 0. The van der Waals surface area contributed by atoms with Crippen molar-refractivity contribution in [3.63, 3.8) is 0 Å². The summed E-state index contributed by atoms with van der Waals surface area (Å²) >= 11 is 1.26. The number of aryl methyl sites for hydroxylation is 2. The van der Waals surface area contributed by atoms with Gasteiger partial charge in [-0.1, -0.05) is 11.3 Å². The molecule has 1 N–H and O–H groups in total. The lowest BCUT2D eigenvalue weighted by Gasteiger charge is -1.78. The number of hydrogen-bond acceptors (Lipinski definition) is 2. The van der Waals surface area contributed by atoms with Crippen LogP contribution in [0.15, 0.2) is 4.79 Å². The molecule has 0 atom stereocenters. The third-order valence-electron chi connectivity index (χ3n) is 1.06. The first-order chi connectivity index (χ1) is 3.70. The minimum absolute atomic E-state index is 0.0417. The molecule has 0 aromatic carbocycles. The Bertz CT molecular complexity index is 212. The van der Waals surface area contributed by atoms with Crippen LogP contribution in [0.2, 0.25) is 0 Å². The van der Waals surface area contributed by atoms with Gasteiger partial charge in [0.1, 0.15) is 0 Å². The molecule has 0 bridgehead atoms. The molecular formula is C5H7NOS. The van der Waals surface area contributed by atoms with Crippen LogP contribution in [-0.2, 0) is 0 Å². The van der Waals surface area contributed by atoms with Crippen LogP contribution in [0.3, 0.4) is 0 Å². The average molecular weight is 129 g/mol. The molecule has 3 heteroatoms. The zero-order valence-corrected chi connectivity index (χ0v) is 5.63. The molecule has 1 aromatic heterocycles. The maximum absolute atomic E-state index is 10.5. The van der Waals surface area contributed by atoms with Crippen molar-refractivity contribution in [1.29, 1.82) is 0 Å². The van der Waals surface area contributed by atoms with E-state index >= 15 is 0 Å². The standard InChI is InChI=1S/C5H7NOS/c1-3-4(2)8-5(7)6-3/h1-2H3,(H,6,7). The van der Waals surface area contributed by atoms with Crippen LogP contribution in [0.4, 0.5) is 0 Å². The van der Waals surface area contributed by atoms with E-state index in [4.69, 9.17) is 0 Å². The molecule has 0 saturated heterocycles. The SMILES string of the molecule is Cc1[nH]c(=O)sc1C. The molecule has 8 heavy (non-hydrogen) atoms. The Balaban J connectivity index is 3.35. The first-order valence-corrected chi connectivity index (χ1v) is 3.18. The van der Waals surface area contributed by atoms with Crippen LogP contribution in [0, 0.1) is 13.8 Å². The van der Waals surface area contributed by atoms with Crippen molar-refractivity contribution < 1.29 is 0 Å². The lowest BCUT2D eigenvalue weighted by Crippen LogP contribution is -1.90. The Morgan fingerprint density at radius 1 is 1.50 bits per heavy atom. The highest BCUT2D eigenvalue weighted by molar-refractivity contribution is 7.09. The highest BCUT2D eigenvalue weighted by Crippen LogP contribution is 2.02. The van der Waals surface area contributed by atoms with Crippen molar-refractivity contribution in [1.82, 2.24) is 4.98 Å². The second kappa shape index (κ2) is 1.74. The zero-order valence-electron chi connectivity index (χ0n) is 4.82. The third kappa shape index (κ3) is 0.816. The molecule has 0 radical (unpaired) electrons. The van der Waals surface area contributed by atoms with Gasteiger partial charge in [0.15, 0.2) is 0 Å². The summed E-state index contributed by atoms with van der Waals surface area (Å²) in [7, 11) is 0. The van der Waals surface area contributed by atoms with E-state index in [1.54, 1.807) is 0 Å². The number of aromatic nitrogens is 1. The van der Waals surface area contributed by atoms with Gasteiger partial charge < -0.3 is 4.98 Å². The summed E-state index contributed by atoms with van der Waals surface area (Å²) in [4.78, 5) is 14.3. The second-order valence-electron chi connectivity index (χ2n) is 1.70. The van der Waals surface area contributed by atoms with E-state index in [1.165, 1.54) is 11.3 Å². The fraction of sp³-hybridized carbons (Fsp3) is 0.400. The third-order valence-corrected chi connectivity index (χ3v) is 1.96. The summed E-state index contributed by atoms with van der Waals surface area (Å²) < 4.78 is 0. The molecule has 44 valence electrons. The van der Waals surface area contributed by atoms with E-state index in [9.17, 15) is 4.79 Å². The van der Waals surface area contributed by atoms with E-state index in [1.807, 2.05) is 13.8 Å². The van der Waals surface area contributed by atoms with Crippen LogP contribution >= 0.6 is 11.3 Å². The fourth-order valence-corrected chi connectivity index (χ4v) is 1.17. The Labute approximate surface area is 51.2 Å². The van der Waals surface area contributed by atoms with Crippen molar-refractivity contribution in [3.05, 3.63) is 20.2 Å². The molecule has 0 aliphatic heterocycles. The van der Waals surface area contributed by atoms with E-state index in [-0.39, 0.29) is 4.87 Å². The van der Waals surface area contributed by atoms with Crippen LogP contribution < -0.4 is 4.87 Å². The van der Waals surface area contributed by atoms with Gasteiger partial charge in [-0.3, -0.25) is 4.79 Å². The van der Waals surface area contributed by atoms with E-state index < -0.39 is 0 Å². The average Bonchev–Trinajstić information content (AvgIpc) is 1.85. The van der Waals surface area contributed by atoms with Crippen LogP contribution in [0.25, 0.3) is 0 Å². The first-order valence-electron chi connectivity index (χ1n) is 2.36. The molecule has 1 rings (SSSR count). The number of rotatable bonds is 0. The van der Waals surface area contributed by atoms with Gasteiger partial charge in [-0.2, -0.15) is 0 Å². The summed E-state index contributed by atoms with van der Waals surface area (Å²) in [6, 6.07) is 0. The van der Waals surface area contributed by atoms with Gasteiger partial charge >= 0.3 is 4.87 Å².